The number of hydrogen-bond acceptors (Lipinski definition) is 4. The summed E-state index contributed by atoms with van der Waals surface area (Å²) in [5, 5.41) is 21.4. The van der Waals surface area contributed by atoms with Gasteiger partial charge in [0.2, 0.25) is 6.33 Å². The fourth-order valence-corrected chi connectivity index (χ4v) is 3.55. The van der Waals surface area contributed by atoms with E-state index in [1.807, 2.05) is 6.07 Å². The number of halogens is 1. The van der Waals surface area contributed by atoms with Gasteiger partial charge in [-0.15, -0.1) is 4.68 Å². The third-order valence-corrected chi connectivity index (χ3v) is 5.14. The van der Waals surface area contributed by atoms with Crippen LogP contribution < -0.4 is 15.2 Å². The topological polar surface area (TPSA) is 66.0 Å². The van der Waals surface area contributed by atoms with Crippen LogP contribution in [0.1, 0.15) is 24.3 Å². The average molecular weight is 385 g/mol. The lowest BCUT2D eigenvalue weighted by Crippen LogP contribution is -2.35. The second kappa shape index (κ2) is 7.58. The largest absolute Gasteiger partial charge is 0.380 e. The molecule has 0 saturated heterocycles. The average Bonchev–Trinajstić information content (AvgIpc) is 3.05. The molecule has 140 valence electrons. The maximum Gasteiger partial charge on any atom is 0.267 e. The van der Waals surface area contributed by atoms with Gasteiger partial charge in [-0.2, -0.15) is 0 Å². The van der Waals surface area contributed by atoms with Crippen LogP contribution in [0.3, 0.4) is 0 Å². The van der Waals surface area contributed by atoms with E-state index in [9.17, 15) is 5.11 Å². The third-order valence-electron chi connectivity index (χ3n) is 4.83. The Labute approximate surface area is 163 Å². The number of fused-ring (bicyclic) bond motifs is 2. The summed E-state index contributed by atoms with van der Waals surface area (Å²) in [5.41, 5.74) is 5.70. The van der Waals surface area contributed by atoms with Crippen LogP contribution in [0.2, 0.25) is 5.02 Å². The molecule has 0 saturated carbocycles. The number of aliphatic hydroxyl groups is 1. The second-order valence-corrected chi connectivity index (χ2v) is 7.19. The third kappa shape index (κ3) is 3.91. The Bertz CT molecular complexity index is 953. The Morgan fingerprint density at radius 2 is 2.07 bits per heavy atom. The zero-order valence-electron chi connectivity index (χ0n) is 15.2. The van der Waals surface area contributed by atoms with Crippen molar-refractivity contribution in [3.05, 3.63) is 65.2 Å². The molecule has 1 atom stereocenters. The normalized spacial score (nSPS) is 13.9. The first-order chi connectivity index (χ1) is 13.1. The van der Waals surface area contributed by atoms with Crippen LogP contribution in [0.15, 0.2) is 49.1 Å². The van der Waals surface area contributed by atoms with E-state index < -0.39 is 6.23 Å². The van der Waals surface area contributed by atoms with Gasteiger partial charge >= 0.3 is 0 Å². The molecule has 1 aliphatic rings. The van der Waals surface area contributed by atoms with E-state index >= 15 is 0 Å². The molecule has 0 spiro atoms. The van der Waals surface area contributed by atoms with Crippen LogP contribution in [-0.4, -0.2) is 21.4 Å². The van der Waals surface area contributed by atoms with Crippen molar-refractivity contribution in [2.75, 3.05) is 17.2 Å². The Kier molecular flexibility index (Phi) is 5.01. The Morgan fingerprint density at radius 1 is 1.26 bits per heavy atom. The van der Waals surface area contributed by atoms with Crippen molar-refractivity contribution in [2.24, 2.45) is 0 Å². The fraction of sp³-hybridized carbons (Fsp3) is 0.300. The molecule has 1 aromatic heterocycles. The summed E-state index contributed by atoms with van der Waals surface area (Å²) < 4.78 is 3.43. The first kappa shape index (κ1) is 17.8. The number of nitrogens with zero attached hydrogens (tertiary/aromatic N) is 3. The number of anilines is 3. The van der Waals surface area contributed by atoms with Crippen molar-refractivity contribution < 1.29 is 9.67 Å². The molecule has 1 aliphatic heterocycles. The van der Waals surface area contributed by atoms with Crippen LogP contribution in [0.4, 0.5) is 17.1 Å². The van der Waals surface area contributed by atoms with Crippen molar-refractivity contribution in [1.82, 2.24) is 9.78 Å². The minimum Gasteiger partial charge on any atom is -0.380 e. The van der Waals surface area contributed by atoms with Gasteiger partial charge in [0, 0.05) is 23.0 Å². The molecule has 3 aromatic rings. The molecule has 7 heteroatoms. The quantitative estimate of drug-likeness (QED) is 0.590. The molecular formula is C20H23ClN5O+. The maximum absolute atomic E-state index is 9.55. The Morgan fingerprint density at radius 3 is 2.89 bits per heavy atom. The lowest BCUT2D eigenvalue weighted by Gasteiger charge is -2.14. The molecule has 27 heavy (non-hydrogen) atoms. The first-order valence-corrected chi connectivity index (χ1v) is 9.50. The van der Waals surface area contributed by atoms with Crippen LogP contribution in [0, 0.1) is 0 Å². The number of para-hydroxylation sites is 1. The number of nitrogens with one attached hydrogen (secondary N) is 2. The van der Waals surface area contributed by atoms with Gasteiger partial charge in [-0.05, 0) is 49.1 Å². The molecule has 2 heterocycles. The summed E-state index contributed by atoms with van der Waals surface area (Å²) in [5.74, 6) is 0. The van der Waals surface area contributed by atoms with E-state index in [0.29, 0.717) is 13.1 Å². The highest BCUT2D eigenvalue weighted by atomic mass is 35.5. The molecule has 4 rings (SSSR count). The van der Waals surface area contributed by atoms with Crippen LogP contribution in [0.25, 0.3) is 0 Å². The van der Waals surface area contributed by atoms with Crippen LogP contribution >= 0.6 is 11.6 Å². The lowest BCUT2D eigenvalue weighted by molar-refractivity contribution is -0.756. The molecule has 1 unspecified atom stereocenters. The summed E-state index contributed by atoms with van der Waals surface area (Å²) in [6.07, 6.45) is 4.78. The SMILES string of the molecule is CC(O)[n+]1cnn(CCNc2cc3c(cc2Cl)CCc2ccccc2N3)c1. The predicted octanol–water partition coefficient (Wildman–Crippen LogP) is 3.29. The summed E-state index contributed by atoms with van der Waals surface area (Å²) in [7, 11) is 0. The maximum atomic E-state index is 9.55. The van der Waals surface area contributed by atoms with Gasteiger partial charge in [-0.1, -0.05) is 29.8 Å². The van der Waals surface area contributed by atoms with Crippen molar-refractivity contribution >= 4 is 28.7 Å². The zero-order chi connectivity index (χ0) is 18.8. The molecule has 2 aromatic carbocycles. The summed E-state index contributed by atoms with van der Waals surface area (Å²) >= 11 is 6.50. The highest BCUT2D eigenvalue weighted by Gasteiger charge is 2.15. The minimum atomic E-state index is -0.584. The van der Waals surface area contributed by atoms with Gasteiger partial charge < -0.3 is 15.7 Å². The zero-order valence-corrected chi connectivity index (χ0v) is 15.9. The van der Waals surface area contributed by atoms with Crippen molar-refractivity contribution in [2.45, 2.75) is 32.5 Å². The van der Waals surface area contributed by atoms with Crippen molar-refractivity contribution in [3.63, 3.8) is 0 Å². The molecule has 0 amide bonds. The summed E-state index contributed by atoms with van der Waals surface area (Å²) in [4.78, 5) is 0. The number of aromatic nitrogens is 3. The highest BCUT2D eigenvalue weighted by Crippen LogP contribution is 2.35. The van der Waals surface area contributed by atoms with E-state index in [1.54, 1.807) is 28.8 Å². The number of aryl methyl sites for hydroxylation is 2. The van der Waals surface area contributed by atoms with E-state index in [4.69, 9.17) is 11.6 Å². The van der Waals surface area contributed by atoms with E-state index in [-0.39, 0.29) is 0 Å². The lowest BCUT2D eigenvalue weighted by atomic mass is 10.0. The van der Waals surface area contributed by atoms with Gasteiger partial charge in [0.05, 0.1) is 10.7 Å². The molecule has 0 aliphatic carbocycles. The van der Waals surface area contributed by atoms with E-state index in [1.165, 1.54) is 11.1 Å². The minimum absolute atomic E-state index is 0.584. The van der Waals surface area contributed by atoms with Gasteiger partial charge in [-0.25, -0.2) is 4.57 Å². The van der Waals surface area contributed by atoms with E-state index in [2.05, 4.69) is 46.1 Å². The van der Waals surface area contributed by atoms with Gasteiger partial charge in [0.15, 0.2) is 6.23 Å². The van der Waals surface area contributed by atoms with Crippen LogP contribution in [-0.2, 0) is 19.4 Å². The molecular weight excluding hydrogens is 362 g/mol. The monoisotopic (exact) mass is 384 g/mol. The van der Waals surface area contributed by atoms with E-state index in [0.717, 1.165) is 34.9 Å². The summed E-state index contributed by atoms with van der Waals surface area (Å²) in [6.45, 7) is 3.05. The smallest absolute Gasteiger partial charge is 0.267 e. The summed E-state index contributed by atoms with van der Waals surface area (Å²) in [6, 6.07) is 12.5. The predicted molar refractivity (Wildman–Crippen MR) is 106 cm³/mol. The van der Waals surface area contributed by atoms with Gasteiger partial charge in [0.25, 0.3) is 6.33 Å². The highest BCUT2D eigenvalue weighted by molar-refractivity contribution is 6.33. The van der Waals surface area contributed by atoms with Crippen LogP contribution in [0.5, 0.6) is 0 Å². The first-order valence-electron chi connectivity index (χ1n) is 9.12. The number of benzene rings is 2. The Balaban J connectivity index is 1.47. The molecule has 6 nitrogen and oxygen atoms in total. The number of hydrogen-bond donors (Lipinski definition) is 3. The van der Waals surface area contributed by atoms with Gasteiger partial charge in [0.1, 0.15) is 6.54 Å². The molecule has 0 fully saturated rings. The Hall–Kier alpha value is -2.57. The van der Waals surface area contributed by atoms with Gasteiger partial charge in [-0.3, -0.25) is 0 Å². The standard InChI is InChI=1S/C20H23ClN5O/c1-14(27)25-12-23-26(13-25)9-8-22-20-11-19-16(10-17(20)21)7-6-15-4-2-3-5-18(15)24-19/h2-5,10-14,22,24,27H,6-9H2,1H3/q+1. The second-order valence-electron chi connectivity index (χ2n) is 6.79. The van der Waals surface area contributed by atoms with Crippen molar-refractivity contribution in [1.29, 1.82) is 0 Å². The van der Waals surface area contributed by atoms with Crippen molar-refractivity contribution in [3.8, 4) is 0 Å². The molecule has 0 bridgehead atoms. The molecule has 0 radical (unpaired) electrons. The fourth-order valence-electron chi connectivity index (χ4n) is 3.30. The molecule has 3 N–H and O–H groups in total. The number of aliphatic hydroxyl groups excluding tert-OH is 1. The number of rotatable bonds is 5.